The van der Waals surface area contributed by atoms with E-state index in [0.29, 0.717) is 0 Å². The van der Waals surface area contributed by atoms with Gasteiger partial charge in [0, 0.05) is 0 Å². The molecule has 1 saturated carbocycles. The van der Waals surface area contributed by atoms with Gasteiger partial charge in [0.1, 0.15) is 0 Å². The Kier molecular flexibility index (Phi) is 5.28. The van der Waals surface area contributed by atoms with Crippen molar-refractivity contribution in [2.24, 2.45) is 5.92 Å². The lowest BCUT2D eigenvalue weighted by molar-refractivity contribution is 0.292. The molecular formula is C18H28. The molecule has 1 unspecified atom stereocenters. The average molecular weight is 244 g/mol. The summed E-state index contributed by atoms with van der Waals surface area (Å²) in [5.41, 5.74) is 3.25. The van der Waals surface area contributed by atoms with E-state index in [1.54, 1.807) is 11.1 Å². The third-order valence-corrected chi connectivity index (χ3v) is 4.65. The van der Waals surface area contributed by atoms with Crippen LogP contribution in [0.2, 0.25) is 0 Å². The van der Waals surface area contributed by atoms with E-state index in [9.17, 15) is 0 Å². The number of rotatable bonds is 5. The zero-order valence-corrected chi connectivity index (χ0v) is 12.1. The first kappa shape index (κ1) is 13.6. The van der Waals surface area contributed by atoms with Crippen LogP contribution in [0.3, 0.4) is 0 Å². The smallest absolute Gasteiger partial charge is 0.0131 e. The molecule has 1 aromatic rings. The van der Waals surface area contributed by atoms with Gasteiger partial charge in [-0.1, -0.05) is 63.8 Å². The molecule has 0 heteroatoms. The molecule has 1 aliphatic carbocycles. The molecule has 0 amide bonds. The number of hydrogen-bond donors (Lipinski definition) is 0. The predicted octanol–water partition coefficient (Wildman–Crippen LogP) is 5.71. The van der Waals surface area contributed by atoms with Crippen LogP contribution in [0.4, 0.5) is 0 Å². The maximum Gasteiger partial charge on any atom is -0.0131 e. The minimum atomic E-state index is 0.825. The minimum absolute atomic E-state index is 0.825. The van der Waals surface area contributed by atoms with Crippen LogP contribution in [-0.2, 0) is 6.42 Å². The van der Waals surface area contributed by atoms with Gasteiger partial charge in [0.25, 0.3) is 0 Å². The summed E-state index contributed by atoms with van der Waals surface area (Å²) in [4.78, 5) is 0. The maximum absolute atomic E-state index is 2.40. The van der Waals surface area contributed by atoms with Crippen molar-refractivity contribution >= 4 is 0 Å². The summed E-state index contributed by atoms with van der Waals surface area (Å²) in [6.45, 7) is 4.63. The Morgan fingerprint density at radius 2 is 1.78 bits per heavy atom. The number of benzene rings is 1. The molecule has 0 saturated heterocycles. The van der Waals surface area contributed by atoms with Crippen molar-refractivity contribution in [3.8, 4) is 0 Å². The molecular weight excluding hydrogens is 216 g/mol. The van der Waals surface area contributed by atoms with Crippen molar-refractivity contribution in [3.05, 3.63) is 35.4 Å². The van der Waals surface area contributed by atoms with E-state index < -0.39 is 0 Å². The molecule has 1 aliphatic rings. The highest BCUT2D eigenvalue weighted by Gasteiger charge is 2.25. The Morgan fingerprint density at radius 3 is 2.44 bits per heavy atom. The first-order chi connectivity index (χ1) is 8.86. The molecule has 0 aromatic heterocycles. The molecule has 18 heavy (non-hydrogen) atoms. The van der Waals surface area contributed by atoms with Gasteiger partial charge in [-0.05, 0) is 48.6 Å². The summed E-state index contributed by atoms with van der Waals surface area (Å²) in [6.07, 6.45) is 11.2. The molecule has 1 aromatic carbocycles. The first-order valence-corrected chi connectivity index (χ1v) is 7.94. The monoisotopic (exact) mass is 244 g/mol. The van der Waals surface area contributed by atoms with Crippen LogP contribution in [-0.4, -0.2) is 0 Å². The van der Waals surface area contributed by atoms with E-state index in [0.717, 1.165) is 11.8 Å². The maximum atomic E-state index is 2.40. The quantitative estimate of drug-likeness (QED) is 0.622. The fourth-order valence-corrected chi connectivity index (χ4v) is 3.71. The van der Waals surface area contributed by atoms with E-state index >= 15 is 0 Å². The molecule has 1 fully saturated rings. The minimum Gasteiger partial charge on any atom is -0.0654 e. The summed E-state index contributed by atoms with van der Waals surface area (Å²) >= 11 is 0. The van der Waals surface area contributed by atoms with Crippen molar-refractivity contribution in [2.75, 3.05) is 0 Å². The van der Waals surface area contributed by atoms with Gasteiger partial charge in [0.2, 0.25) is 0 Å². The summed E-state index contributed by atoms with van der Waals surface area (Å²) in [5, 5.41) is 0. The van der Waals surface area contributed by atoms with Crippen LogP contribution in [0, 0.1) is 5.92 Å². The predicted molar refractivity (Wildman–Crippen MR) is 80.0 cm³/mol. The van der Waals surface area contributed by atoms with E-state index in [4.69, 9.17) is 0 Å². The fourth-order valence-electron chi connectivity index (χ4n) is 3.71. The van der Waals surface area contributed by atoms with Crippen LogP contribution in [0.5, 0.6) is 0 Å². The molecule has 0 radical (unpaired) electrons. The molecule has 0 nitrogen and oxygen atoms in total. The number of aryl methyl sites for hydroxylation is 1. The normalized spacial score (nSPS) is 18.8. The highest BCUT2D eigenvalue weighted by Crippen LogP contribution is 2.40. The van der Waals surface area contributed by atoms with Gasteiger partial charge < -0.3 is 0 Å². The summed E-state index contributed by atoms with van der Waals surface area (Å²) in [6, 6.07) is 9.17. The van der Waals surface area contributed by atoms with Crippen molar-refractivity contribution in [1.29, 1.82) is 0 Å². The molecule has 0 spiro atoms. The van der Waals surface area contributed by atoms with Gasteiger partial charge in [-0.2, -0.15) is 0 Å². The lowest BCUT2D eigenvalue weighted by atomic mass is 9.73. The third kappa shape index (κ3) is 3.16. The summed E-state index contributed by atoms with van der Waals surface area (Å²) < 4.78 is 0. The molecule has 100 valence electrons. The van der Waals surface area contributed by atoms with Gasteiger partial charge in [-0.15, -0.1) is 0 Å². The van der Waals surface area contributed by atoms with Crippen LogP contribution >= 0.6 is 0 Å². The van der Waals surface area contributed by atoms with E-state index in [1.807, 2.05) is 0 Å². The van der Waals surface area contributed by atoms with Crippen LogP contribution in [0.1, 0.15) is 75.8 Å². The Balaban J connectivity index is 2.22. The van der Waals surface area contributed by atoms with Gasteiger partial charge in [0.05, 0.1) is 0 Å². The van der Waals surface area contributed by atoms with Gasteiger partial charge in [-0.25, -0.2) is 0 Å². The standard InChI is InChI=1S/C18H28/c1-3-10-17(16-12-6-5-7-13-16)18-14-9-8-11-15(18)4-2/h8-9,11,14,16-17H,3-7,10,12-13H2,1-2H3. The zero-order valence-electron chi connectivity index (χ0n) is 12.1. The van der Waals surface area contributed by atoms with Gasteiger partial charge in [0.15, 0.2) is 0 Å². The SMILES string of the molecule is CCCC(c1ccccc1CC)C1CCCCC1. The highest BCUT2D eigenvalue weighted by molar-refractivity contribution is 5.31. The largest absolute Gasteiger partial charge is 0.0654 e. The molecule has 0 aliphatic heterocycles. The van der Waals surface area contributed by atoms with Crippen LogP contribution in [0.25, 0.3) is 0 Å². The lowest BCUT2D eigenvalue weighted by Crippen LogP contribution is -2.17. The second-order valence-corrected chi connectivity index (χ2v) is 5.85. The van der Waals surface area contributed by atoms with Gasteiger partial charge in [-0.3, -0.25) is 0 Å². The van der Waals surface area contributed by atoms with E-state index in [-0.39, 0.29) is 0 Å². The zero-order chi connectivity index (χ0) is 12.8. The highest BCUT2D eigenvalue weighted by atomic mass is 14.3. The summed E-state index contributed by atoms with van der Waals surface area (Å²) in [7, 11) is 0. The molecule has 0 N–H and O–H groups in total. The third-order valence-electron chi connectivity index (χ3n) is 4.65. The number of hydrogen-bond acceptors (Lipinski definition) is 0. The fraction of sp³-hybridized carbons (Fsp3) is 0.667. The Morgan fingerprint density at radius 1 is 1.06 bits per heavy atom. The molecule has 0 bridgehead atoms. The molecule has 1 atom stereocenters. The Bertz CT molecular complexity index is 347. The van der Waals surface area contributed by atoms with Crippen LogP contribution < -0.4 is 0 Å². The van der Waals surface area contributed by atoms with Crippen molar-refractivity contribution in [1.82, 2.24) is 0 Å². The van der Waals surface area contributed by atoms with Crippen molar-refractivity contribution in [3.63, 3.8) is 0 Å². The summed E-state index contributed by atoms with van der Waals surface area (Å²) in [5.74, 6) is 1.78. The molecule has 0 heterocycles. The molecule has 2 rings (SSSR count). The topological polar surface area (TPSA) is 0 Å². The second-order valence-electron chi connectivity index (χ2n) is 5.85. The van der Waals surface area contributed by atoms with Gasteiger partial charge >= 0.3 is 0 Å². The second kappa shape index (κ2) is 6.97. The average Bonchev–Trinajstić information content (AvgIpc) is 2.46. The van der Waals surface area contributed by atoms with E-state index in [2.05, 4.69) is 38.1 Å². The lowest BCUT2D eigenvalue weighted by Gasteiger charge is -2.32. The first-order valence-electron chi connectivity index (χ1n) is 7.94. The van der Waals surface area contributed by atoms with E-state index in [1.165, 1.54) is 51.4 Å². The Hall–Kier alpha value is -0.780. The van der Waals surface area contributed by atoms with Crippen molar-refractivity contribution < 1.29 is 0 Å². The Labute approximate surface area is 113 Å². The van der Waals surface area contributed by atoms with Crippen LogP contribution in [0.15, 0.2) is 24.3 Å². The van der Waals surface area contributed by atoms with Crippen molar-refractivity contribution in [2.45, 2.75) is 71.1 Å².